The molecule has 0 spiro atoms. The fourth-order valence-corrected chi connectivity index (χ4v) is 3.23. The average Bonchev–Trinajstić information content (AvgIpc) is 2.47. The number of carbonyl (C=O) groups is 1. The molecule has 1 aromatic carbocycles. The molecule has 0 unspecified atom stereocenters. The molecular formula is C14H11ClF3N3O3S. The molecule has 0 saturated carbocycles. The fourth-order valence-electron chi connectivity index (χ4n) is 1.90. The van der Waals surface area contributed by atoms with Crippen LogP contribution in [-0.4, -0.2) is 19.3 Å². The number of hydrogen-bond acceptors (Lipinski definition) is 5. The van der Waals surface area contributed by atoms with Crippen molar-refractivity contribution in [3.63, 3.8) is 0 Å². The Kier molecular flexibility index (Phi) is 5.23. The van der Waals surface area contributed by atoms with E-state index < -0.39 is 37.6 Å². The summed E-state index contributed by atoms with van der Waals surface area (Å²) in [6.45, 7) is 1.01. The molecule has 11 heteroatoms. The van der Waals surface area contributed by atoms with Gasteiger partial charge in [-0.05, 0) is 30.3 Å². The summed E-state index contributed by atoms with van der Waals surface area (Å²) in [7, 11) is -4.23. The van der Waals surface area contributed by atoms with E-state index in [0.717, 1.165) is 25.1 Å². The van der Waals surface area contributed by atoms with E-state index >= 15 is 0 Å². The number of hydrogen-bond donors (Lipinski definition) is 2. The van der Waals surface area contributed by atoms with Crippen molar-refractivity contribution < 1.29 is 26.4 Å². The Hall–Kier alpha value is -2.33. The number of carbonyl (C=O) groups excluding carboxylic acids is 1. The van der Waals surface area contributed by atoms with Gasteiger partial charge in [-0.3, -0.25) is 4.79 Å². The molecule has 2 aromatic rings. The molecule has 1 heterocycles. The van der Waals surface area contributed by atoms with Crippen LogP contribution in [0.3, 0.4) is 0 Å². The minimum atomic E-state index is -4.68. The van der Waals surface area contributed by atoms with E-state index in [1.807, 2.05) is 0 Å². The van der Waals surface area contributed by atoms with Crippen molar-refractivity contribution in [2.75, 3.05) is 5.32 Å². The lowest BCUT2D eigenvalue weighted by atomic mass is 10.2. The predicted molar refractivity (Wildman–Crippen MR) is 85.0 cm³/mol. The van der Waals surface area contributed by atoms with Gasteiger partial charge in [0.15, 0.2) is 5.82 Å². The summed E-state index contributed by atoms with van der Waals surface area (Å²) < 4.78 is 64.7. The highest BCUT2D eigenvalue weighted by molar-refractivity contribution is 7.90. The molecule has 25 heavy (non-hydrogen) atoms. The summed E-state index contributed by atoms with van der Waals surface area (Å²) in [4.78, 5) is 14.4. The molecule has 0 radical (unpaired) electrons. The Morgan fingerprint density at radius 3 is 2.52 bits per heavy atom. The minimum Gasteiger partial charge on any atom is -0.339 e. The van der Waals surface area contributed by atoms with Gasteiger partial charge >= 0.3 is 6.18 Å². The van der Waals surface area contributed by atoms with Gasteiger partial charge in [0.1, 0.15) is 4.90 Å². The number of aromatic nitrogens is 1. The van der Waals surface area contributed by atoms with Gasteiger partial charge in [-0.2, -0.15) is 13.2 Å². The molecule has 2 N–H and O–H groups in total. The number of alkyl halides is 3. The number of nitrogens with zero attached hydrogens (tertiary/aromatic N) is 1. The number of nitrogens with one attached hydrogen (secondary N) is 2. The molecule has 0 bridgehead atoms. The Morgan fingerprint density at radius 1 is 1.24 bits per heavy atom. The van der Waals surface area contributed by atoms with Crippen LogP contribution in [0.1, 0.15) is 12.5 Å². The Bertz CT molecular complexity index is 917. The van der Waals surface area contributed by atoms with Gasteiger partial charge in [0.2, 0.25) is 5.91 Å². The van der Waals surface area contributed by atoms with Gasteiger partial charge in [0, 0.05) is 18.8 Å². The summed E-state index contributed by atoms with van der Waals surface area (Å²) in [6.07, 6.45) is -3.43. The maximum Gasteiger partial charge on any atom is 0.417 e. The lowest BCUT2D eigenvalue weighted by Crippen LogP contribution is -2.28. The molecule has 0 aliphatic carbocycles. The highest BCUT2D eigenvalue weighted by Gasteiger charge is 2.33. The molecule has 0 fully saturated rings. The van der Waals surface area contributed by atoms with E-state index in [2.05, 4.69) is 10.3 Å². The smallest absolute Gasteiger partial charge is 0.339 e. The number of pyridine rings is 1. The molecule has 2 rings (SSSR count). The zero-order chi connectivity index (χ0) is 18.8. The first kappa shape index (κ1) is 19.0. The highest BCUT2D eigenvalue weighted by Crippen LogP contribution is 2.37. The molecule has 0 aliphatic heterocycles. The zero-order valence-corrected chi connectivity index (χ0v) is 14.1. The van der Waals surface area contributed by atoms with Crippen LogP contribution in [0.15, 0.2) is 41.4 Å². The molecule has 0 aliphatic rings. The van der Waals surface area contributed by atoms with Crippen LogP contribution in [0.4, 0.5) is 24.7 Å². The lowest BCUT2D eigenvalue weighted by Gasteiger charge is -2.14. The van der Waals surface area contributed by atoms with Crippen molar-refractivity contribution >= 4 is 39.0 Å². The number of rotatable bonds is 4. The molecule has 1 aromatic heterocycles. The van der Waals surface area contributed by atoms with Crippen molar-refractivity contribution in [2.24, 2.45) is 0 Å². The summed E-state index contributed by atoms with van der Waals surface area (Å²) >= 11 is 5.54. The van der Waals surface area contributed by atoms with E-state index in [-0.39, 0.29) is 11.5 Å². The molecular weight excluding hydrogens is 383 g/mol. The molecule has 134 valence electrons. The van der Waals surface area contributed by atoms with Crippen LogP contribution in [0.5, 0.6) is 0 Å². The SMILES string of the molecule is CC(=O)NS(=O)(=O)c1cccnc1Nc1ccc(Cl)c(C(F)(F)F)c1. The van der Waals surface area contributed by atoms with Gasteiger partial charge in [0.05, 0.1) is 10.6 Å². The van der Waals surface area contributed by atoms with E-state index in [1.54, 1.807) is 4.72 Å². The van der Waals surface area contributed by atoms with E-state index in [4.69, 9.17) is 11.6 Å². The summed E-state index contributed by atoms with van der Waals surface area (Å²) in [5.74, 6) is -1.06. The maximum atomic E-state index is 12.9. The standard InChI is InChI=1S/C14H11ClF3N3O3S/c1-8(22)21-25(23,24)12-3-2-6-19-13(12)20-9-4-5-11(15)10(7-9)14(16,17)18/h2-7H,1H3,(H,19,20)(H,21,22). The average molecular weight is 394 g/mol. The number of amides is 1. The van der Waals surface area contributed by atoms with Crippen molar-refractivity contribution in [1.29, 1.82) is 0 Å². The highest BCUT2D eigenvalue weighted by atomic mass is 35.5. The third-order valence-electron chi connectivity index (χ3n) is 2.87. The van der Waals surface area contributed by atoms with Crippen LogP contribution < -0.4 is 10.0 Å². The summed E-state index contributed by atoms with van der Waals surface area (Å²) in [5, 5.41) is 2.00. The molecule has 0 saturated heterocycles. The molecule has 1 amide bonds. The van der Waals surface area contributed by atoms with Crippen LogP contribution in [0.25, 0.3) is 0 Å². The van der Waals surface area contributed by atoms with Gasteiger partial charge in [-0.15, -0.1) is 0 Å². The third kappa shape index (κ3) is 4.60. The number of sulfonamides is 1. The minimum absolute atomic E-state index is 0.0744. The summed E-state index contributed by atoms with van der Waals surface area (Å²) in [5.41, 5.74) is -1.16. The van der Waals surface area contributed by atoms with Crippen LogP contribution in [0.2, 0.25) is 5.02 Å². The Balaban J connectivity index is 2.45. The monoisotopic (exact) mass is 393 g/mol. The Morgan fingerprint density at radius 2 is 1.92 bits per heavy atom. The zero-order valence-electron chi connectivity index (χ0n) is 12.6. The Labute approximate surface area is 146 Å². The first-order valence-electron chi connectivity index (χ1n) is 6.63. The first-order valence-corrected chi connectivity index (χ1v) is 8.49. The van der Waals surface area contributed by atoms with Gasteiger partial charge in [-0.1, -0.05) is 11.6 Å². The largest absolute Gasteiger partial charge is 0.417 e. The topological polar surface area (TPSA) is 88.2 Å². The lowest BCUT2D eigenvalue weighted by molar-refractivity contribution is -0.137. The van der Waals surface area contributed by atoms with E-state index in [1.165, 1.54) is 18.3 Å². The van der Waals surface area contributed by atoms with Crippen molar-refractivity contribution in [3.05, 3.63) is 47.1 Å². The maximum absolute atomic E-state index is 12.9. The molecule has 6 nitrogen and oxygen atoms in total. The van der Waals surface area contributed by atoms with Crippen molar-refractivity contribution in [3.8, 4) is 0 Å². The van der Waals surface area contributed by atoms with Crippen LogP contribution in [0, 0.1) is 0 Å². The van der Waals surface area contributed by atoms with E-state index in [9.17, 15) is 26.4 Å². The number of halogens is 4. The van der Waals surface area contributed by atoms with Gasteiger partial charge in [0.25, 0.3) is 10.0 Å². The third-order valence-corrected chi connectivity index (χ3v) is 4.67. The second-order valence-electron chi connectivity index (χ2n) is 4.83. The number of anilines is 2. The van der Waals surface area contributed by atoms with Gasteiger partial charge in [-0.25, -0.2) is 18.1 Å². The molecule has 0 atom stereocenters. The quantitative estimate of drug-likeness (QED) is 0.832. The number of benzene rings is 1. The first-order chi connectivity index (χ1) is 11.5. The van der Waals surface area contributed by atoms with Crippen molar-refractivity contribution in [1.82, 2.24) is 9.71 Å². The summed E-state index contributed by atoms with van der Waals surface area (Å²) in [6, 6.07) is 5.45. The fraction of sp³-hybridized carbons (Fsp3) is 0.143. The second kappa shape index (κ2) is 6.89. The second-order valence-corrected chi connectivity index (χ2v) is 6.89. The van der Waals surface area contributed by atoms with Crippen molar-refractivity contribution in [2.45, 2.75) is 18.0 Å². The van der Waals surface area contributed by atoms with Crippen LogP contribution in [-0.2, 0) is 21.0 Å². The van der Waals surface area contributed by atoms with Crippen LogP contribution >= 0.6 is 11.6 Å². The van der Waals surface area contributed by atoms with Gasteiger partial charge < -0.3 is 5.32 Å². The normalized spacial score (nSPS) is 11.9. The van der Waals surface area contributed by atoms with E-state index in [0.29, 0.717) is 0 Å². The predicted octanol–water partition coefficient (Wildman–Crippen LogP) is 3.32.